The van der Waals surface area contributed by atoms with Crippen LogP contribution in [0.3, 0.4) is 0 Å². The molecule has 5 nitrogen and oxygen atoms in total. The maximum atomic E-state index is 12.8. The van der Waals surface area contributed by atoms with E-state index in [0.717, 1.165) is 5.56 Å². The zero-order valence-electron chi connectivity index (χ0n) is 13.9. The van der Waals surface area contributed by atoms with Crippen molar-refractivity contribution in [3.05, 3.63) is 58.0 Å². The average molecular weight is 350 g/mol. The van der Waals surface area contributed by atoms with Crippen molar-refractivity contribution in [2.75, 3.05) is 7.05 Å². The van der Waals surface area contributed by atoms with Gasteiger partial charge in [0.1, 0.15) is 12.2 Å². The molecule has 1 atom stereocenters. The van der Waals surface area contributed by atoms with Crippen LogP contribution in [0.1, 0.15) is 34.2 Å². The molecule has 0 radical (unpaired) electrons. The van der Waals surface area contributed by atoms with Crippen LogP contribution in [0.4, 0.5) is 0 Å². The van der Waals surface area contributed by atoms with Crippen LogP contribution in [-0.2, 0) is 17.6 Å². The first-order valence-electron chi connectivity index (χ1n) is 7.60. The van der Waals surface area contributed by atoms with Crippen molar-refractivity contribution in [1.82, 2.24) is 4.90 Å². The average Bonchev–Trinajstić information content (AvgIpc) is 2.88. The fourth-order valence-corrected chi connectivity index (χ4v) is 2.65. The van der Waals surface area contributed by atoms with Crippen molar-refractivity contribution in [3.8, 4) is 0 Å². The number of furan rings is 1. The molecule has 1 aromatic heterocycles. The van der Waals surface area contributed by atoms with Gasteiger partial charge in [-0.05, 0) is 38.0 Å². The molecule has 2 aromatic rings. The predicted octanol–water partition coefficient (Wildman–Crippen LogP) is 3.57. The summed E-state index contributed by atoms with van der Waals surface area (Å²) >= 11 is 5.88. The number of carbonyl (C=O) groups excluding carboxylic acids is 1. The Kier molecular flexibility index (Phi) is 5.67. The van der Waals surface area contributed by atoms with E-state index in [9.17, 15) is 9.59 Å². The molecule has 2 rings (SSSR count). The lowest BCUT2D eigenvalue weighted by molar-refractivity contribution is -0.136. The second-order valence-electron chi connectivity index (χ2n) is 5.88. The zero-order chi connectivity index (χ0) is 17.9. The highest BCUT2D eigenvalue weighted by atomic mass is 35.5. The molecule has 0 saturated carbocycles. The molecule has 1 amide bonds. The topological polar surface area (TPSA) is 70.7 Å². The number of likely N-dealkylation sites (N-methyl/N-ethyl adjacent to an activating group) is 1. The van der Waals surface area contributed by atoms with Gasteiger partial charge in [0.05, 0.1) is 11.8 Å². The highest BCUT2D eigenvalue weighted by Crippen LogP contribution is 2.21. The van der Waals surface area contributed by atoms with E-state index in [0.29, 0.717) is 22.6 Å². The summed E-state index contributed by atoms with van der Waals surface area (Å²) in [4.78, 5) is 25.3. The van der Waals surface area contributed by atoms with Gasteiger partial charge in [-0.15, -0.1) is 0 Å². The Morgan fingerprint density at radius 1 is 1.29 bits per heavy atom. The maximum absolute atomic E-state index is 12.8. The molecule has 0 aliphatic carbocycles. The number of carboxylic acid groups (broad SMARTS) is 1. The van der Waals surface area contributed by atoms with E-state index >= 15 is 0 Å². The molecule has 0 fully saturated rings. The van der Waals surface area contributed by atoms with Gasteiger partial charge in [0, 0.05) is 23.7 Å². The molecule has 0 aliphatic rings. The van der Waals surface area contributed by atoms with E-state index < -0.39 is 5.97 Å². The maximum Gasteiger partial charge on any atom is 0.311 e. The minimum Gasteiger partial charge on any atom is -0.481 e. The molecule has 128 valence electrons. The fourth-order valence-electron chi connectivity index (χ4n) is 2.53. The van der Waals surface area contributed by atoms with Gasteiger partial charge >= 0.3 is 5.97 Å². The Morgan fingerprint density at radius 2 is 1.92 bits per heavy atom. The summed E-state index contributed by atoms with van der Waals surface area (Å²) in [5.74, 6) is -1.08. The minimum atomic E-state index is -1.03. The quantitative estimate of drug-likeness (QED) is 0.865. The number of rotatable bonds is 6. The van der Waals surface area contributed by atoms with Crippen LogP contribution in [0.5, 0.6) is 0 Å². The van der Waals surface area contributed by atoms with Gasteiger partial charge in [-0.3, -0.25) is 9.59 Å². The Bertz CT molecular complexity index is 736. The fraction of sp³-hybridized carbons (Fsp3) is 0.333. The lowest BCUT2D eigenvalue weighted by Gasteiger charge is -2.25. The number of hydrogen-bond acceptors (Lipinski definition) is 3. The largest absolute Gasteiger partial charge is 0.481 e. The number of amides is 1. The van der Waals surface area contributed by atoms with Gasteiger partial charge < -0.3 is 14.4 Å². The third-order valence-electron chi connectivity index (χ3n) is 4.00. The van der Waals surface area contributed by atoms with Crippen LogP contribution in [0, 0.1) is 6.92 Å². The first kappa shape index (κ1) is 18.1. The summed E-state index contributed by atoms with van der Waals surface area (Å²) in [6.07, 6.45) is 1.78. The number of carbonyl (C=O) groups is 2. The second kappa shape index (κ2) is 7.53. The SMILES string of the molecule is Cc1coc(CC(=O)O)c1C(=O)N(C)C(C)Cc1ccc(Cl)cc1. The highest BCUT2D eigenvalue weighted by molar-refractivity contribution is 6.30. The van der Waals surface area contributed by atoms with Gasteiger partial charge in [0.15, 0.2) is 0 Å². The molecule has 1 aromatic carbocycles. The van der Waals surface area contributed by atoms with Crippen LogP contribution in [-0.4, -0.2) is 35.0 Å². The van der Waals surface area contributed by atoms with Crippen LogP contribution in [0.2, 0.25) is 5.02 Å². The standard InChI is InChI=1S/C18H20ClNO4/c1-11-10-24-15(9-16(21)22)17(11)18(23)20(3)12(2)8-13-4-6-14(19)7-5-13/h4-7,10,12H,8-9H2,1-3H3,(H,21,22). The van der Waals surface area contributed by atoms with E-state index in [1.807, 2.05) is 31.2 Å². The Hall–Kier alpha value is -2.27. The molecular formula is C18H20ClNO4. The molecule has 0 spiro atoms. The first-order valence-corrected chi connectivity index (χ1v) is 7.97. The van der Waals surface area contributed by atoms with Gasteiger partial charge in [0.2, 0.25) is 0 Å². The number of aliphatic carboxylic acids is 1. The van der Waals surface area contributed by atoms with E-state index in [1.54, 1.807) is 18.9 Å². The Morgan fingerprint density at radius 3 is 2.50 bits per heavy atom. The Balaban J connectivity index is 2.15. The second-order valence-corrected chi connectivity index (χ2v) is 6.32. The third-order valence-corrected chi connectivity index (χ3v) is 4.25. The van der Waals surface area contributed by atoms with Crippen LogP contribution < -0.4 is 0 Å². The van der Waals surface area contributed by atoms with Crippen LogP contribution in [0.15, 0.2) is 34.9 Å². The monoisotopic (exact) mass is 349 g/mol. The zero-order valence-corrected chi connectivity index (χ0v) is 14.6. The van der Waals surface area contributed by atoms with Gasteiger partial charge in [-0.25, -0.2) is 0 Å². The molecule has 0 bridgehead atoms. The minimum absolute atomic E-state index is 0.0642. The highest BCUT2D eigenvalue weighted by Gasteiger charge is 2.25. The summed E-state index contributed by atoms with van der Waals surface area (Å²) in [6.45, 7) is 3.68. The van der Waals surface area contributed by atoms with Crippen molar-refractivity contribution >= 4 is 23.5 Å². The van der Waals surface area contributed by atoms with E-state index in [4.69, 9.17) is 21.1 Å². The van der Waals surface area contributed by atoms with Crippen molar-refractivity contribution in [3.63, 3.8) is 0 Å². The molecule has 0 saturated heterocycles. The molecular weight excluding hydrogens is 330 g/mol. The summed E-state index contributed by atoms with van der Waals surface area (Å²) in [6, 6.07) is 7.42. The van der Waals surface area contributed by atoms with Crippen LogP contribution in [0.25, 0.3) is 0 Å². The molecule has 1 N–H and O–H groups in total. The Labute approximate surface area is 145 Å². The van der Waals surface area contributed by atoms with Crippen molar-refractivity contribution in [2.45, 2.75) is 32.7 Å². The third kappa shape index (κ3) is 4.17. The number of aryl methyl sites for hydroxylation is 1. The number of hydrogen-bond donors (Lipinski definition) is 1. The first-order chi connectivity index (χ1) is 11.3. The van der Waals surface area contributed by atoms with Crippen LogP contribution >= 0.6 is 11.6 Å². The predicted molar refractivity (Wildman–Crippen MR) is 91.5 cm³/mol. The van der Waals surface area contributed by atoms with Gasteiger partial charge in [0.25, 0.3) is 5.91 Å². The lowest BCUT2D eigenvalue weighted by Crippen LogP contribution is -2.37. The van der Waals surface area contributed by atoms with Crippen molar-refractivity contribution < 1.29 is 19.1 Å². The number of halogens is 1. The number of carboxylic acids is 1. The number of benzene rings is 1. The lowest BCUT2D eigenvalue weighted by atomic mass is 10.0. The smallest absolute Gasteiger partial charge is 0.311 e. The molecule has 0 aliphatic heterocycles. The van der Waals surface area contributed by atoms with E-state index in [1.165, 1.54) is 6.26 Å². The summed E-state index contributed by atoms with van der Waals surface area (Å²) in [5.41, 5.74) is 2.05. The van der Waals surface area contributed by atoms with E-state index in [2.05, 4.69) is 0 Å². The summed E-state index contributed by atoms with van der Waals surface area (Å²) in [7, 11) is 1.71. The molecule has 6 heteroatoms. The molecule has 24 heavy (non-hydrogen) atoms. The molecule has 1 unspecified atom stereocenters. The van der Waals surface area contributed by atoms with Gasteiger partial charge in [-0.2, -0.15) is 0 Å². The summed E-state index contributed by atoms with van der Waals surface area (Å²) in [5, 5.41) is 9.62. The van der Waals surface area contributed by atoms with Crippen molar-refractivity contribution in [2.24, 2.45) is 0 Å². The van der Waals surface area contributed by atoms with Crippen molar-refractivity contribution in [1.29, 1.82) is 0 Å². The number of nitrogens with zero attached hydrogens (tertiary/aromatic N) is 1. The molecule has 1 heterocycles. The van der Waals surface area contributed by atoms with E-state index in [-0.39, 0.29) is 24.1 Å². The van der Waals surface area contributed by atoms with Gasteiger partial charge in [-0.1, -0.05) is 23.7 Å². The normalized spacial score (nSPS) is 12.0. The summed E-state index contributed by atoms with van der Waals surface area (Å²) < 4.78 is 5.25.